The minimum atomic E-state index is -4.01. The van der Waals surface area contributed by atoms with Gasteiger partial charge in [0.25, 0.3) is 10.0 Å². The van der Waals surface area contributed by atoms with Crippen LogP contribution in [-0.4, -0.2) is 20.9 Å². The number of benzene rings is 3. The molecule has 0 saturated carbocycles. The van der Waals surface area contributed by atoms with Gasteiger partial charge in [0.05, 0.1) is 10.6 Å². The molecule has 0 aliphatic rings. The summed E-state index contributed by atoms with van der Waals surface area (Å²) in [6.45, 7) is 7.17. The van der Waals surface area contributed by atoms with Gasteiger partial charge < -0.3 is 5.32 Å². The van der Waals surface area contributed by atoms with Crippen molar-refractivity contribution in [3.8, 4) is 0 Å². The van der Waals surface area contributed by atoms with E-state index in [0.717, 1.165) is 33.1 Å². The van der Waals surface area contributed by atoms with E-state index >= 15 is 0 Å². The smallest absolute Gasteiger partial charge is 0.264 e. The summed E-state index contributed by atoms with van der Waals surface area (Å²) in [4.78, 5) is 13.2. The highest BCUT2D eigenvalue weighted by Crippen LogP contribution is 2.31. The molecular weight excluding hydrogens is 444 g/mol. The monoisotopic (exact) mass is 470 g/mol. The molecule has 1 N–H and O–H groups in total. The number of aryl methyl sites for hydroxylation is 3. The number of rotatable bonds is 7. The number of carbonyl (C=O) groups is 1. The van der Waals surface area contributed by atoms with Crippen molar-refractivity contribution in [3.05, 3.63) is 87.9 Å². The number of nitrogens with zero attached hydrogens (tertiary/aromatic N) is 1. The van der Waals surface area contributed by atoms with E-state index in [-0.39, 0.29) is 11.4 Å². The zero-order chi connectivity index (χ0) is 23.5. The van der Waals surface area contributed by atoms with E-state index in [1.54, 1.807) is 49.4 Å². The lowest BCUT2D eigenvalue weighted by molar-refractivity contribution is -0.114. The SMILES string of the molecule is CCc1cccc(C)c1NC(=O)CN(c1cccc(Cl)c1C)S(=O)(=O)c1ccc(C)cc1. The first kappa shape index (κ1) is 23.8. The van der Waals surface area contributed by atoms with Gasteiger partial charge in [-0.1, -0.05) is 60.5 Å². The van der Waals surface area contributed by atoms with Gasteiger partial charge in [-0.3, -0.25) is 9.10 Å². The third-order valence-corrected chi connectivity index (χ3v) is 7.59. The van der Waals surface area contributed by atoms with Crippen LogP contribution in [0.25, 0.3) is 0 Å². The molecule has 3 rings (SSSR count). The summed E-state index contributed by atoms with van der Waals surface area (Å²) in [5.74, 6) is -0.427. The minimum absolute atomic E-state index is 0.111. The second-order valence-corrected chi connectivity index (χ2v) is 9.99. The largest absolute Gasteiger partial charge is 0.324 e. The van der Waals surface area contributed by atoms with Crippen LogP contribution in [-0.2, 0) is 21.2 Å². The van der Waals surface area contributed by atoms with Crippen molar-refractivity contribution in [2.75, 3.05) is 16.2 Å². The normalized spacial score (nSPS) is 11.3. The molecule has 5 nitrogen and oxygen atoms in total. The molecule has 0 radical (unpaired) electrons. The Hall–Kier alpha value is -2.83. The standard InChI is InChI=1S/C25H27ClN2O3S/c1-5-20-9-6-8-18(3)25(20)27-24(29)16-28(23-11-7-10-22(26)19(23)4)32(30,31)21-14-12-17(2)13-15-21/h6-15H,5,16H2,1-4H3,(H,27,29). The summed E-state index contributed by atoms with van der Waals surface area (Å²) in [5, 5.41) is 3.35. The average molecular weight is 471 g/mol. The molecule has 0 aliphatic carbocycles. The molecule has 168 valence electrons. The van der Waals surface area contributed by atoms with Gasteiger partial charge in [0.15, 0.2) is 0 Å². The summed E-state index contributed by atoms with van der Waals surface area (Å²) in [5.41, 5.74) is 4.53. The Labute approximate surface area is 195 Å². The van der Waals surface area contributed by atoms with Gasteiger partial charge in [-0.15, -0.1) is 0 Å². The van der Waals surface area contributed by atoms with Gasteiger partial charge in [0.2, 0.25) is 5.91 Å². The molecule has 0 unspecified atom stereocenters. The van der Waals surface area contributed by atoms with Crippen LogP contribution in [0.2, 0.25) is 5.02 Å². The fraction of sp³-hybridized carbons (Fsp3) is 0.240. The molecule has 1 amide bonds. The van der Waals surface area contributed by atoms with E-state index in [4.69, 9.17) is 11.6 Å². The van der Waals surface area contributed by atoms with E-state index in [1.807, 2.05) is 39.0 Å². The van der Waals surface area contributed by atoms with Crippen LogP contribution in [0, 0.1) is 20.8 Å². The molecule has 3 aromatic carbocycles. The summed E-state index contributed by atoms with van der Waals surface area (Å²) >= 11 is 6.28. The van der Waals surface area contributed by atoms with Crippen molar-refractivity contribution in [2.45, 2.75) is 39.0 Å². The predicted octanol–water partition coefficient (Wildman–Crippen LogP) is 5.66. The molecule has 32 heavy (non-hydrogen) atoms. The molecule has 7 heteroatoms. The fourth-order valence-electron chi connectivity index (χ4n) is 3.51. The van der Waals surface area contributed by atoms with Crippen molar-refractivity contribution in [3.63, 3.8) is 0 Å². The van der Waals surface area contributed by atoms with Crippen LogP contribution < -0.4 is 9.62 Å². The van der Waals surface area contributed by atoms with Crippen LogP contribution in [0.3, 0.4) is 0 Å². The second-order valence-electron chi connectivity index (χ2n) is 7.72. The van der Waals surface area contributed by atoms with Gasteiger partial charge in [-0.05, 0) is 68.1 Å². The topological polar surface area (TPSA) is 66.5 Å². The first-order chi connectivity index (χ1) is 15.1. The zero-order valence-corrected chi connectivity index (χ0v) is 20.2. The molecule has 0 heterocycles. The van der Waals surface area contributed by atoms with Crippen LogP contribution in [0.1, 0.15) is 29.2 Å². The summed E-state index contributed by atoms with van der Waals surface area (Å²) in [6, 6.07) is 17.4. The van der Waals surface area contributed by atoms with Gasteiger partial charge >= 0.3 is 0 Å². The lowest BCUT2D eigenvalue weighted by Gasteiger charge is -2.26. The molecular formula is C25H27ClN2O3S. The molecule has 0 bridgehead atoms. The van der Waals surface area contributed by atoms with Crippen molar-refractivity contribution < 1.29 is 13.2 Å². The maximum Gasteiger partial charge on any atom is 0.264 e. The molecule has 0 aromatic heterocycles. The quantitative estimate of drug-likeness (QED) is 0.484. The van der Waals surface area contributed by atoms with E-state index in [9.17, 15) is 13.2 Å². The highest BCUT2D eigenvalue weighted by atomic mass is 35.5. The number of halogens is 1. The first-order valence-corrected chi connectivity index (χ1v) is 12.2. The summed E-state index contributed by atoms with van der Waals surface area (Å²) in [6.07, 6.45) is 0.746. The predicted molar refractivity (Wildman–Crippen MR) is 131 cm³/mol. The van der Waals surface area contributed by atoms with E-state index in [2.05, 4.69) is 5.32 Å². The third kappa shape index (κ3) is 4.97. The van der Waals surface area contributed by atoms with Crippen LogP contribution in [0.4, 0.5) is 11.4 Å². The maximum absolute atomic E-state index is 13.6. The van der Waals surface area contributed by atoms with Crippen molar-refractivity contribution in [2.24, 2.45) is 0 Å². The summed E-state index contributed by atoms with van der Waals surface area (Å²) in [7, 11) is -4.01. The molecule has 0 aliphatic heterocycles. The van der Waals surface area contributed by atoms with Gasteiger partial charge in [-0.25, -0.2) is 8.42 Å². The van der Waals surface area contributed by atoms with E-state index in [1.165, 1.54) is 0 Å². The molecule has 0 spiro atoms. The van der Waals surface area contributed by atoms with E-state index < -0.39 is 15.9 Å². The number of sulfonamides is 1. The molecule has 3 aromatic rings. The highest BCUT2D eigenvalue weighted by molar-refractivity contribution is 7.92. The van der Waals surface area contributed by atoms with E-state index in [0.29, 0.717) is 16.3 Å². The number of para-hydroxylation sites is 1. The van der Waals surface area contributed by atoms with Crippen molar-refractivity contribution in [1.82, 2.24) is 0 Å². The van der Waals surface area contributed by atoms with Crippen LogP contribution >= 0.6 is 11.6 Å². The van der Waals surface area contributed by atoms with Crippen LogP contribution in [0.15, 0.2) is 65.6 Å². The summed E-state index contributed by atoms with van der Waals surface area (Å²) < 4.78 is 28.3. The zero-order valence-electron chi connectivity index (χ0n) is 18.6. The van der Waals surface area contributed by atoms with Gasteiger partial charge in [-0.2, -0.15) is 0 Å². The minimum Gasteiger partial charge on any atom is -0.324 e. The Morgan fingerprint density at radius 2 is 1.62 bits per heavy atom. The Morgan fingerprint density at radius 3 is 2.28 bits per heavy atom. The second kappa shape index (κ2) is 9.76. The molecule has 0 saturated heterocycles. The Kier molecular flexibility index (Phi) is 7.26. The lowest BCUT2D eigenvalue weighted by atomic mass is 10.1. The number of anilines is 2. The molecule has 0 atom stereocenters. The Bertz CT molecular complexity index is 1240. The number of nitrogens with one attached hydrogen (secondary N) is 1. The third-order valence-electron chi connectivity index (χ3n) is 5.41. The Balaban J connectivity index is 2.03. The first-order valence-electron chi connectivity index (χ1n) is 10.4. The lowest BCUT2D eigenvalue weighted by Crippen LogP contribution is -2.38. The average Bonchev–Trinajstić information content (AvgIpc) is 2.76. The fourth-order valence-corrected chi connectivity index (χ4v) is 5.16. The highest BCUT2D eigenvalue weighted by Gasteiger charge is 2.29. The van der Waals surface area contributed by atoms with Crippen molar-refractivity contribution >= 4 is 38.9 Å². The van der Waals surface area contributed by atoms with Crippen molar-refractivity contribution in [1.29, 1.82) is 0 Å². The number of hydrogen-bond donors (Lipinski definition) is 1. The number of amides is 1. The maximum atomic E-state index is 13.6. The molecule has 0 fully saturated rings. The van der Waals surface area contributed by atoms with Gasteiger partial charge in [0.1, 0.15) is 6.54 Å². The Morgan fingerprint density at radius 1 is 0.969 bits per heavy atom. The number of hydrogen-bond acceptors (Lipinski definition) is 3. The van der Waals surface area contributed by atoms with Gasteiger partial charge in [0, 0.05) is 10.7 Å². The number of carbonyl (C=O) groups excluding carboxylic acids is 1. The van der Waals surface area contributed by atoms with Crippen LogP contribution in [0.5, 0.6) is 0 Å².